The minimum absolute atomic E-state index is 0.0648. The largest absolute Gasteiger partial charge is 0.269 e. The molecule has 0 radical (unpaired) electrons. The van der Waals surface area contributed by atoms with E-state index in [4.69, 9.17) is 0 Å². The van der Waals surface area contributed by atoms with Crippen LogP contribution in [0.4, 0.5) is 5.69 Å². The van der Waals surface area contributed by atoms with Gasteiger partial charge in [0.1, 0.15) is 0 Å². The maximum absolute atomic E-state index is 10.5. The van der Waals surface area contributed by atoms with E-state index in [0.29, 0.717) is 5.92 Å². The molecule has 0 aliphatic heterocycles. The molecule has 1 atom stereocenters. The van der Waals surface area contributed by atoms with E-state index in [0.717, 1.165) is 18.4 Å². The molecule has 0 N–H and O–H groups in total. The second kappa shape index (κ2) is 6.00. The minimum atomic E-state index is -0.428. The van der Waals surface area contributed by atoms with Crippen molar-refractivity contribution in [3.63, 3.8) is 0 Å². The van der Waals surface area contributed by atoms with E-state index in [-0.39, 0.29) is 11.6 Å². The van der Waals surface area contributed by atoms with Crippen molar-refractivity contribution < 1.29 is 4.92 Å². The van der Waals surface area contributed by atoms with E-state index in [9.17, 15) is 15.4 Å². The molecule has 17 heavy (non-hydrogen) atoms. The van der Waals surface area contributed by atoms with E-state index in [1.165, 1.54) is 12.1 Å². The highest BCUT2D eigenvalue weighted by molar-refractivity contribution is 5.36. The van der Waals surface area contributed by atoms with Crippen molar-refractivity contribution in [3.05, 3.63) is 39.9 Å². The summed E-state index contributed by atoms with van der Waals surface area (Å²) in [6.45, 7) is 4.12. The van der Waals surface area contributed by atoms with Crippen molar-refractivity contribution in [1.29, 1.82) is 5.26 Å². The molecule has 0 spiro atoms. The molecular formula is C13H16N2O2. The molecule has 1 aromatic carbocycles. The monoisotopic (exact) mass is 232 g/mol. The number of nitrogens with zero attached hydrogens (tertiary/aromatic N) is 2. The van der Waals surface area contributed by atoms with Gasteiger partial charge < -0.3 is 0 Å². The lowest BCUT2D eigenvalue weighted by Crippen LogP contribution is -2.09. The van der Waals surface area contributed by atoms with E-state index >= 15 is 0 Å². The number of hydrogen-bond donors (Lipinski definition) is 0. The van der Waals surface area contributed by atoms with Crippen LogP contribution >= 0.6 is 0 Å². The average molecular weight is 232 g/mol. The first kappa shape index (κ1) is 13.2. The molecule has 0 saturated heterocycles. The third-order valence-corrected chi connectivity index (χ3v) is 3.12. The van der Waals surface area contributed by atoms with Gasteiger partial charge in [0.15, 0.2) is 0 Å². The Morgan fingerprint density at radius 1 is 1.29 bits per heavy atom. The molecule has 90 valence electrons. The summed E-state index contributed by atoms with van der Waals surface area (Å²) in [6.07, 6.45) is 1.87. The molecule has 0 bridgehead atoms. The third-order valence-electron chi connectivity index (χ3n) is 3.12. The maximum atomic E-state index is 10.5. The highest BCUT2D eigenvalue weighted by Gasteiger charge is 2.20. The van der Waals surface area contributed by atoms with Crippen LogP contribution in [0.5, 0.6) is 0 Å². The van der Waals surface area contributed by atoms with Crippen molar-refractivity contribution in [3.8, 4) is 6.07 Å². The van der Waals surface area contributed by atoms with E-state index < -0.39 is 4.92 Å². The van der Waals surface area contributed by atoms with E-state index in [2.05, 4.69) is 19.9 Å². The van der Waals surface area contributed by atoms with Crippen LogP contribution in [0, 0.1) is 27.4 Å². The van der Waals surface area contributed by atoms with Crippen LogP contribution in [0.1, 0.15) is 38.2 Å². The number of nitriles is 1. The zero-order valence-corrected chi connectivity index (χ0v) is 10.1. The molecule has 4 heteroatoms. The highest BCUT2D eigenvalue weighted by Crippen LogP contribution is 2.29. The summed E-state index contributed by atoms with van der Waals surface area (Å²) < 4.78 is 0. The molecule has 1 rings (SSSR count). The van der Waals surface area contributed by atoms with Gasteiger partial charge in [0.25, 0.3) is 5.69 Å². The number of rotatable bonds is 5. The Labute approximate surface area is 101 Å². The molecule has 1 aromatic rings. The summed E-state index contributed by atoms with van der Waals surface area (Å²) in [5.41, 5.74) is 0.932. The van der Waals surface area contributed by atoms with Crippen LogP contribution in [0.2, 0.25) is 0 Å². The lowest BCUT2D eigenvalue weighted by Gasteiger charge is -2.18. The summed E-state index contributed by atoms with van der Waals surface area (Å²) >= 11 is 0. The van der Waals surface area contributed by atoms with Crippen molar-refractivity contribution in [2.24, 2.45) is 5.92 Å². The molecule has 1 unspecified atom stereocenters. The lowest BCUT2D eigenvalue weighted by atomic mass is 9.84. The summed E-state index contributed by atoms with van der Waals surface area (Å²) in [6, 6.07) is 8.59. The van der Waals surface area contributed by atoms with Crippen LogP contribution in [0.25, 0.3) is 0 Å². The second-order valence-electron chi connectivity index (χ2n) is 4.03. The van der Waals surface area contributed by atoms with Gasteiger partial charge in [0.2, 0.25) is 0 Å². The Morgan fingerprint density at radius 3 is 2.18 bits per heavy atom. The molecule has 0 aromatic heterocycles. The topological polar surface area (TPSA) is 66.9 Å². The van der Waals surface area contributed by atoms with Crippen LogP contribution in [0.3, 0.4) is 0 Å². The van der Waals surface area contributed by atoms with Crippen LogP contribution in [-0.4, -0.2) is 4.92 Å². The Kier molecular flexibility index (Phi) is 4.65. The van der Waals surface area contributed by atoms with Crippen LogP contribution in [0.15, 0.2) is 24.3 Å². The van der Waals surface area contributed by atoms with Gasteiger partial charge in [0, 0.05) is 12.1 Å². The van der Waals surface area contributed by atoms with Crippen molar-refractivity contribution in [1.82, 2.24) is 0 Å². The lowest BCUT2D eigenvalue weighted by molar-refractivity contribution is -0.384. The number of hydrogen-bond acceptors (Lipinski definition) is 3. The first-order chi connectivity index (χ1) is 8.13. The zero-order valence-electron chi connectivity index (χ0n) is 10.1. The molecular weight excluding hydrogens is 216 g/mol. The number of nitro groups is 1. The van der Waals surface area contributed by atoms with E-state index in [1.807, 2.05) is 0 Å². The number of non-ortho nitro benzene ring substituents is 1. The molecule has 0 heterocycles. The highest BCUT2D eigenvalue weighted by atomic mass is 16.6. The predicted octanol–water partition coefficient (Wildman–Crippen LogP) is 3.64. The fourth-order valence-corrected chi connectivity index (χ4v) is 2.02. The molecule has 0 fully saturated rings. The van der Waals surface area contributed by atoms with Gasteiger partial charge in [-0.1, -0.05) is 38.8 Å². The summed E-state index contributed by atoms with van der Waals surface area (Å²) in [5.74, 6) is 0.132. The van der Waals surface area contributed by atoms with Crippen molar-refractivity contribution >= 4 is 5.69 Å². The Bertz CT molecular complexity index is 416. The summed E-state index contributed by atoms with van der Waals surface area (Å²) in [7, 11) is 0. The van der Waals surface area contributed by atoms with Gasteiger partial charge in [-0.05, 0) is 11.5 Å². The van der Waals surface area contributed by atoms with Crippen LogP contribution < -0.4 is 0 Å². The van der Waals surface area contributed by atoms with Gasteiger partial charge in [-0.25, -0.2) is 0 Å². The molecule has 0 amide bonds. The third kappa shape index (κ3) is 3.04. The summed E-state index contributed by atoms with van der Waals surface area (Å²) in [5, 5.41) is 19.7. The quantitative estimate of drug-likeness (QED) is 0.575. The molecule has 4 nitrogen and oxygen atoms in total. The number of nitro benzene ring substituents is 1. The fraction of sp³-hybridized carbons (Fsp3) is 0.462. The van der Waals surface area contributed by atoms with Gasteiger partial charge in [-0.3, -0.25) is 10.1 Å². The van der Waals surface area contributed by atoms with Crippen LogP contribution in [-0.2, 0) is 0 Å². The second-order valence-corrected chi connectivity index (χ2v) is 4.03. The normalized spacial score (nSPS) is 12.1. The first-order valence-electron chi connectivity index (χ1n) is 5.78. The molecule has 0 saturated carbocycles. The van der Waals surface area contributed by atoms with Gasteiger partial charge in [0.05, 0.1) is 16.9 Å². The smallest absolute Gasteiger partial charge is 0.258 e. The van der Waals surface area contributed by atoms with Gasteiger partial charge in [-0.15, -0.1) is 0 Å². The number of benzene rings is 1. The Morgan fingerprint density at radius 2 is 1.82 bits per heavy atom. The standard InChI is InChI=1S/C13H16N2O2/c1-3-10(4-2)13(9-14)11-5-7-12(8-6-11)15(16)17/h5-8,10,13H,3-4H2,1-2H3. The van der Waals surface area contributed by atoms with E-state index in [1.54, 1.807) is 12.1 Å². The predicted molar refractivity (Wildman–Crippen MR) is 65.5 cm³/mol. The minimum Gasteiger partial charge on any atom is -0.258 e. The average Bonchev–Trinajstić information content (AvgIpc) is 2.36. The summed E-state index contributed by atoms with van der Waals surface area (Å²) in [4.78, 5) is 10.1. The van der Waals surface area contributed by atoms with Gasteiger partial charge in [-0.2, -0.15) is 5.26 Å². The van der Waals surface area contributed by atoms with Gasteiger partial charge >= 0.3 is 0 Å². The van der Waals surface area contributed by atoms with Crippen molar-refractivity contribution in [2.75, 3.05) is 0 Å². The Hall–Kier alpha value is -1.89. The zero-order chi connectivity index (χ0) is 12.8. The SMILES string of the molecule is CCC(CC)C(C#N)c1ccc([N+](=O)[O-])cc1. The Balaban J connectivity index is 2.98. The fourth-order valence-electron chi connectivity index (χ4n) is 2.02. The van der Waals surface area contributed by atoms with Crippen molar-refractivity contribution in [2.45, 2.75) is 32.6 Å². The maximum Gasteiger partial charge on any atom is 0.269 e. The molecule has 0 aliphatic carbocycles. The first-order valence-corrected chi connectivity index (χ1v) is 5.78. The molecule has 0 aliphatic rings.